The smallest absolute Gasteiger partial charge is 0.248 e. The molecule has 18 heavy (non-hydrogen) atoms. The summed E-state index contributed by atoms with van der Waals surface area (Å²) in [5.74, 6) is 0.876. The molecule has 0 spiro atoms. The first-order valence-electron chi connectivity index (χ1n) is 7.30. The van der Waals surface area contributed by atoms with E-state index in [1.165, 1.54) is 19.3 Å². The van der Waals surface area contributed by atoms with Crippen molar-refractivity contribution < 1.29 is 9.53 Å². The van der Waals surface area contributed by atoms with Crippen molar-refractivity contribution in [2.24, 2.45) is 5.92 Å². The van der Waals surface area contributed by atoms with Crippen molar-refractivity contribution in [1.29, 1.82) is 0 Å². The molecule has 104 valence electrons. The minimum absolute atomic E-state index is 0.133. The maximum absolute atomic E-state index is 12.2. The van der Waals surface area contributed by atoms with Crippen molar-refractivity contribution in [2.45, 2.75) is 51.7 Å². The summed E-state index contributed by atoms with van der Waals surface area (Å²) in [6.07, 6.45) is 4.88. The van der Waals surface area contributed by atoms with E-state index < -0.39 is 0 Å². The van der Waals surface area contributed by atoms with E-state index in [9.17, 15) is 4.79 Å². The van der Waals surface area contributed by atoms with Crippen LogP contribution in [0, 0.1) is 5.92 Å². The standard InChI is InChI=1S/C14H26N2O2/c1-11(2)18-10-14(17)16-9-3-4-13(16)12-5-7-15-8-6-12/h11-13,15H,3-10H2,1-2H3. The van der Waals surface area contributed by atoms with Crippen LogP contribution in [0.25, 0.3) is 0 Å². The molecule has 4 heteroatoms. The van der Waals surface area contributed by atoms with Crippen LogP contribution in [0.5, 0.6) is 0 Å². The summed E-state index contributed by atoms with van der Waals surface area (Å²) in [5, 5.41) is 3.39. The largest absolute Gasteiger partial charge is 0.369 e. The summed E-state index contributed by atoms with van der Waals surface area (Å²) in [5.41, 5.74) is 0. The second-order valence-corrected chi connectivity index (χ2v) is 5.74. The Balaban J connectivity index is 1.87. The fourth-order valence-corrected chi connectivity index (χ4v) is 3.14. The van der Waals surface area contributed by atoms with Crippen LogP contribution in [0.2, 0.25) is 0 Å². The Hall–Kier alpha value is -0.610. The molecule has 1 amide bonds. The van der Waals surface area contributed by atoms with Crippen molar-refractivity contribution >= 4 is 5.91 Å². The van der Waals surface area contributed by atoms with Gasteiger partial charge in [0.1, 0.15) is 6.61 Å². The number of hydrogen-bond acceptors (Lipinski definition) is 3. The van der Waals surface area contributed by atoms with Crippen LogP contribution in [0.1, 0.15) is 39.5 Å². The van der Waals surface area contributed by atoms with Crippen LogP contribution in [0.4, 0.5) is 0 Å². The van der Waals surface area contributed by atoms with E-state index in [1.807, 2.05) is 13.8 Å². The topological polar surface area (TPSA) is 41.6 Å². The number of rotatable bonds is 4. The second kappa shape index (κ2) is 6.53. The van der Waals surface area contributed by atoms with Crippen molar-refractivity contribution in [3.63, 3.8) is 0 Å². The van der Waals surface area contributed by atoms with Crippen molar-refractivity contribution in [3.8, 4) is 0 Å². The highest BCUT2D eigenvalue weighted by Crippen LogP contribution is 2.29. The molecule has 0 saturated carbocycles. The van der Waals surface area contributed by atoms with Gasteiger partial charge in [-0.1, -0.05) is 0 Å². The molecule has 1 unspecified atom stereocenters. The summed E-state index contributed by atoms with van der Waals surface area (Å²) < 4.78 is 5.45. The number of nitrogens with one attached hydrogen (secondary N) is 1. The van der Waals surface area contributed by atoms with Gasteiger partial charge in [-0.15, -0.1) is 0 Å². The molecule has 0 radical (unpaired) electrons. The van der Waals surface area contributed by atoms with Gasteiger partial charge in [-0.3, -0.25) is 4.79 Å². The van der Waals surface area contributed by atoms with Crippen molar-refractivity contribution in [3.05, 3.63) is 0 Å². The van der Waals surface area contributed by atoms with Gasteiger partial charge in [-0.2, -0.15) is 0 Å². The molecule has 2 rings (SSSR count). The fourth-order valence-electron chi connectivity index (χ4n) is 3.14. The van der Waals surface area contributed by atoms with Gasteiger partial charge in [-0.25, -0.2) is 0 Å². The molecular weight excluding hydrogens is 228 g/mol. The van der Waals surface area contributed by atoms with E-state index >= 15 is 0 Å². The quantitative estimate of drug-likeness (QED) is 0.824. The molecule has 1 N–H and O–H groups in total. The van der Waals surface area contributed by atoms with E-state index in [2.05, 4.69) is 10.2 Å². The zero-order valence-electron chi connectivity index (χ0n) is 11.7. The Kier molecular flexibility index (Phi) is 5.01. The molecular formula is C14H26N2O2. The molecule has 0 aromatic heterocycles. The number of ether oxygens (including phenoxy) is 1. The van der Waals surface area contributed by atoms with Crippen LogP contribution < -0.4 is 5.32 Å². The number of piperidine rings is 1. The lowest BCUT2D eigenvalue weighted by Crippen LogP contribution is -2.45. The van der Waals surface area contributed by atoms with Crippen molar-refractivity contribution in [1.82, 2.24) is 10.2 Å². The minimum Gasteiger partial charge on any atom is -0.369 e. The van der Waals surface area contributed by atoms with Gasteiger partial charge in [0, 0.05) is 12.6 Å². The summed E-state index contributed by atoms with van der Waals surface area (Å²) in [6, 6.07) is 0.468. The first-order chi connectivity index (χ1) is 8.68. The molecule has 1 atom stereocenters. The molecule has 0 aromatic carbocycles. The SMILES string of the molecule is CC(C)OCC(=O)N1CCCC1C1CCNCC1. The van der Waals surface area contributed by atoms with Gasteiger partial charge in [0.15, 0.2) is 0 Å². The number of hydrogen-bond donors (Lipinski definition) is 1. The van der Waals surface area contributed by atoms with Gasteiger partial charge in [0.2, 0.25) is 5.91 Å². The highest BCUT2D eigenvalue weighted by molar-refractivity contribution is 5.78. The summed E-state index contributed by atoms with van der Waals surface area (Å²) in [7, 11) is 0. The van der Waals surface area contributed by atoms with E-state index in [1.54, 1.807) is 0 Å². The van der Waals surface area contributed by atoms with E-state index in [-0.39, 0.29) is 18.6 Å². The first-order valence-corrected chi connectivity index (χ1v) is 7.30. The number of likely N-dealkylation sites (tertiary alicyclic amines) is 1. The van der Waals surface area contributed by atoms with E-state index in [4.69, 9.17) is 4.74 Å². The third kappa shape index (κ3) is 3.45. The maximum atomic E-state index is 12.2. The lowest BCUT2D eigenvalue weighted by molar-refractivity contribution is -0.139. The molecule has 2 saturated heterocycles. The highest BCUT2D eigenvalue weighted by Gasteiger charge is 2.34. The predicted molar refractivity (Wildman–Crippen MR) is 71.4 cm³/mol. The second-order valence-electron chi connectivity index (χ2n) is 5.74. The lowest BCUT2D eigenvalue weighted by Gasteiger charge is -2.34. The fraction of sp³-hybridized carbons (Fsp3) is 0.929. The Morgan fingerprint density at radius 2 is 2.06 bits per heavy atom. The van der Waals surface area contributed by atoms with Crippen molar-refractivity contribution in [2.75, 3.05) is 26.2 Å². The van der Waals surface area contributed by atoms with Crippen LogP contribution in [-0.4, -0.2) is 49.2 Å². The molecule has 2 aliphatic heterocycles. The number of nitrogens with zero attached hydrogens (tertiary/aromatic N) is 1. The highest BCUT2D eigenvalue weighted by atomic mass is 16.5. The number of carbonyl (C=O) groups excluding carboxylic acids is 1. The molecule has 4 nitrogen and oxygen atoms in total. The third-order valence-electron chi connectivity index (χ3n) is 4.09. The molecule has 0 bridgehead atoms. The zero-order valence-corrected chi connectivity index (χ0v) is 11.7. The lowest BCUT2D eigenvalue weighted by atomic mass is 9.89. The Morgan fingerprint density at radius 3 is 2.72 bits per heavy atom. The third-order valence-corrected chi connectivity index (χ3v) is 4.09. The first kappa shape index (κ1) is 13.8. The summed E-state index contributed by atoms with van der Waals surface area (Å²) in [4.78, 5) is 14.3. The number of amides is 1. The van der Waals surface area contributed by atoms with Crippen LogP contribution in [0.3, 0.4) is 0 Å². The molecule has 2 fully saturated rings. The normalized spacial score (nSPS) is 25.9. The van der Waals surface area contributed by atoms with Gasteiger partial charge >= 0.3 is 0 Å². The van der Waals surface area contributed by atoms with Gasteiger partial charge in [0.05, 0.1) is 6.10 Å². The number of carbonyl (C=O) groups is 1. The summed E-state index contributed by atoms with van der Waals surface area (Å²) in [6.45, 7) is 7.33. The molecule has 0 aliphatic carbocycles. The summed E-state index contributed by atoms with van der Waals surface area (Å²) >= 11 is 0. The average molecular weight is 254 g/mol. The average Bonchev–Trinajstić information content (AvgIpc) is 2.86. The Bertz CT molecular complexity index is 275. The van der Waals surface area contributed by atoms with Gasteiger partial charge in [-0.05, 0) is 58.5 Å². The molecule has 2 aliphatic rings. The maximum Gasteiger partial charge on any atom is 0.248 e. The van der Waals surface area contributed by atoms with Crippen LogP contribution in [0.15, 0.2) is 0 Å². The monoisotopic (exact) mass is 254 g/mol. The van der Waals surface area contributed by atoms with E-state index in [0.717, 1.165) is 26.1 Å². The van der Waals surface area contributed by atoms with Gasteiger partial charge < -0.3 is 15.0 Å². The molecule has 2 heterocycles. The van der Waals surface area contributed by atoms with E-state index in [0.29, 0.717) is 12.0 Å². The van der Waals surface area contributed by atoms with Crippen LogP contribution in [-0.2, 0) is 9.53 Å². The molecule has 0 aromatic rings. The predicted octanol–water partition coefficient (Wildman–Crippen LogP) is 1.40. The minimum atomic E-state index is 0.133. The Morgan fingerprint density at radius 1 is 1.33 bits per heavy atom. The van der Waals surface area contributed by atoms with Gasteiger partial charge in [0.25, 0.3) is 0 Å². The Labute approximate surface area is 110 Å². The van der Waals surface area contributed by atoms with Crippen LogP contribution >= 0.6 is 0 Å². The zero-order chi connectivity index (χ0) is 13.0.